The van der Waals surface area contributed by atoms with Crippen LogP contribution in [0.4, 0.5) is 5.69 Å². The smallest absolute Gasteiger partial charge is 0.0495 e. The zero-order valence-electron chi connectivity index (χ0n) is 16.2. The van der Waals surface area contributed by atoms with Gasteiger partial charge in [0, 0.05) is 37.6 Å². The number of unbranched alkanes of at least 4 members (excludes halogenated alkanes) is 3. The molecule has 2 heteroatoms. The molecule has 2 aromatic rings. The molecule has 0 aromatic heterocycles. The molecule has 3 rings (SSSR count). The van der Waals surface area contributed by atoms with Crippen molar-refractivity contribution in [1.82, 2.24) is 0 Å². The summed E-state index contributed by atoms with van der Waals surface area (Å²) in [6, 6.07) is 19.6. The van der Waals surface area contributed by atoms with Crippen LogP contribution < -0.4 is 4.90 Å². The molecule has 1 aliphatic rings. The van der Waals surface area contributed by atoms with E-state index in [1.165, 1.54) is 55.3 Å². The van der Waals surface area contributed by atoms with Crippen molar-refractivity contribution in [2.75, 3.05) is 31.2 Å². The number of rotatable bonds is 9. The van der Waals surface area contributed by atoms with Gasteiger partial charge in [0.15, 0.2) is 0 Å². The van der Waals surface area contributed by atoms with Crippen LogP contribution in [0.2, 0.25) is 0 Å². The number of piperidine rings is 1. The van der Waals surface area contributed by atoms with Crippen molar-refractivity contribution in [3.8, 4) is 11.1 Å². The summed E-state index contributed by atoms with van der Waals surface area (Å²) < 4.78 is 5.94. The second-order valence-electron chi connectivity index (χ2n) is 7.45. The Morgan fingerprint density at radius 3 is 2.38 bits per heavy atom. The highest BCUT2D eigenvalue weighted by molar-refractivity contribution is 5.78. The molecule has 1 aliphatic heterocycles. The van der Waals surface area contributed by atoms with Crippen LogP contribution in [0, 0.1) is 5.92 Å². The summed E-state index contributed by atoms with van der Waals surface area (Å²) in [7, 11) is 0. The predicted molar refractivity (Wildman–Crippen MR) is 112 cm³/mol. The molecule has 26 heavy (non-hydrogen) atoms. The van der Waals surface area contributed by atoms with Gasteiger partial charge in [0.1, 0.15) is 0 Å². The van der Waals surface area contributed by atoms with E-state index in [2.05, 4.69) is 66.4 Å². The van der Waals surface area contributed by atoms with Gasteiger partial charge in [-0.15, -0.1) is 0 Å². The highest BCUT2D eigenvalue weighted by atomic mass is 16.5. The van der Waals surface area contributed by atoms with Gasteiger partial charge in [0.25, 0.3) is 0 Å². The van der Waals surface area contributed by atoms with E-state index in [9.17, 15) is 0 Å². The van der Waals surface area contributed by atoms with Crippen LogP contribution in [0.5, 0.6) is 0 Å². The van der Waals surface area contributed by atoms with Crippen LogP contribution in [-0.4, -0.2) is 26.3 Å². The van der Waals surface area contributed by atoms with Gasteiger partial charge in [0.2, 0.25) is 0 Å². The monoisotopic (exact) mass is 351 g/mol. The van der Waals surface area contributed by atoms with Gasteiger partial charge < -0.3 is 9.64 Å². The van der Waals surface area contributed by atoms with Gasteiger partial charge in [0.05, 0.1) is 0 Å². The maximum atomic E-state index is 5.94. The summed E-state index contributed by atoms with van der Waals surface area (Å²) in [6.07, 6.45) is 7.63. The zero-order chi connectivity index (χ0) is 18.0. The first kappa shape index (κ1) is 19.0. The van der Waals surface area contributed by atoms with Crippen LogP contribution in [-0.2, 0) is 4.74 Å². The molecule has 0 N–H and O–H groups in total. The minimum Gasteiger partial charge on any atom is -0.381 e. The molecule has 0 atom stereocenters. The molecule has 0 amide bonds. The Morgan fingerprint density at radius 1 is 0.885 bits per heavy atom. The average molecular weight is 352 g/mol. The van der Waals surface area contributed by atoms with E-state index in [1.54, 1.807) is 0 Å². The van der Waals surface area contributed by atoms with E-state index in [1.807, 2.05) is 0 Å². The van der Waals surface area contributed by atoms with E-state index < -0.39 is 0 Å². The average Bonchev–Trinajstić information content (AvgIpc) is 2.72. The number of benzene rings is 2. The number of ether oxygens (including phenoxy) is 1. The predicted octanol–water partition coefficient (Wildman–Crippen LogP) is 6.17. The Balaban J connectivity index is 1.50. The van der Waals surface area contributed by atoms with Crippen LogP contribution in [0.15, 0.2) is 54.6 Å². The van der Waals surface area contributed by atoms with E-state index in [4.69, 9.17) is 4.74 Å². The van der Waals surface area contributed by atoms with Crippen LogP contribution in [0.3, 0.4) is 0 Å². The van der Waals surface area contributed by atoms with E-state index in [0.717, 1.165) is 32.2 Å². The normalized spacial score (nSPS) is 15.3. The van der Waals surface area contributed by atoms with Crippen molar-refractivity contribution in [1.29, 1.82) is 0 Å². The molecular weight excluding hydrogens is 318 g/mol. The lowest BCUT2D eigenvalue weighted by molar-refractivity contribution is 0.0874. The maximum Gasteiger partial charge on any atom is 0.0495 e. The molecule has 2 aromatic carbocycles. The fourth-order valence-corrected chi connectivity index (χ4v) is 3.83. The number of nitrogens with zero attached hydrogens (tertiary/aromatic N) is 1. The summed E-state index contributed by atoms with van der Waals surface area (Å²) in [5.74, 6) is 0.723. The van der Waals surface area contributed by atoms with Gasteiger partial charge >= 0.3 is 0 Å². The van der Waals surface area contributed by atoms with Crippen molar-refractivity contribution in [2.24, 2.45) is 5.92 Å². The van der Waals surface area contributed by atoms with Gasteiger partial charge in [-0.2, -0.15) is 0 Å². The van der Waals surface area contributed by atoms with E-state index >= 15 is 0 Å². The lowest BCUT2D eigenvalue weighted by Gasteiger charge is -2.34. The Hall–Kier alpha value is -1.80. The quantitative estimate of drug-likeness (QED) is 0.501. The lowest BCUT2D eigenvalue weighted by Crippen LogP contribution is -2.35. The van der Waals surface area contributed by atoms with Crippen molar-refractivity contribution in [3.05, 3.63) is 54.6 Å². The highest BCUT2D eigenvalue weighted by Gasteiger charge is 2.21. The topological polar surface area (TPSA) is 12.5 Å². The Bertz CT molecular complexity index is 632. The molecule has 1 saturated heterocycles. The van der Waals surface area contributed by atoms with Crippen LogP contribution >= 0.6 is 0 Å². The Labute approximate surface area is 159 Å². The first-order valence-corrected chi connectivity index (χ1v) is 10.4. The minimum atomic E-state index is 0.723. The molecule has 0 bridgehead atoms. The molecule has 0 unspecified atom stereocenters. The maximum absolute atomic E-state index is 5.94. The number of para-hydroxylation sites is 1. The van der Waals surface area contributed by atoms with Crippen molar-refractivity contribution < 1.29 is 4.74 Å². The summed E-state index contributed by atoms with van der Waals surface area (Å²) in [5, 5.41) is 0. The fraction of sp³-hybridized carbons (Fsp3) is 0.500. The third-order valence-electron chi connectivity index (χ3n) is 5.44. The number of hydrogen-bond donors (Lipinski definition) is 0. The lowest BCUT2D eigenvalue weighted by atomic mass is 9.95. The molecular formula is C24H33NO. The van der Waals surface area contributed by atoms with Gasteiger partial charge in [-0.1, -0.05) is 74.7 Å². The zero-order valence-corrected chi connectivity index (χ0v) is 16.2. The third-order valence-corrected chi connectivity index (χ3v) is 5.44. The molecule has 2 nitrogen and oxygen atoms in total. The second-order valence-corrected chi connectivity index (χ2v) is 7.45. The van der Waals surface area contributed by atoms with Gasteiger partial charge in [-0.3, -0.25) is 0 Å². The molecule has 0 radical (unpaired) electrons. The summed E-state index contributed by atoms with van der Waals surface area (Å²) >= 11 is 0. The van der Waals surface area contributed by atoms with Crippen LogP contribution in [0.25, 0.3) is 11.1 Å². The van der Waals surface area contributed by atoms with E-state index in [0.29, 0.717) is 0 Å². The summed E-state index contributed by atoms with van der Waals surface area (Å²) in [5.41, 5.74) is 4.02. The van der Waals surface area contributed by atoms with Crippen molar-refractivity contribution in [2.45, 2.75) is 45.4 Å². The molecule has 1 fully saturated rings. The third kappa shape index (κ3) is 5.35. The Morgan fingerprint density at radius 2 is 1.62 bits per heavy atom. The minimum absolute atomic E-state index is 0.723. The Kier molecular flexibility index (Phi) is 7.57. The van der Waals surface area contributed by atoms with Gasteiger partial charge in [-0.05, 0) is 36.8 Å². The number of anilines is 1. The second kappa shape index (κ2) is 10.4. The van der Waals surface area contributed by atoms with E-state index in [-0.39, 0.29) is 0 Å². The molecule has 0 aliphatic carbocycles. The highest BCUT2D eigenvalue weighted by Crippen LogP contribution is 2.33. The first-order valence-electron chi connectivity index (χ1n) is 10.4. The molecule has 0 spiro atoms. The van der Waals surface area contributed by atoms with Crippen LogP contribution in [0.1, 0.15) is 45.4 Å². The molecule has 1 heterocycles. The summed E-state index contributed by atoms with van der Waals surface area (Å²) in [6.45, 7) is 6.41. The van der Waals surface area contributed by atoms with Gasteiger partial charge in [-0.25, -0.2) is 0 Å². The first-order chi connectivity index (χ1) is 12.9. The largest absolute Gasteiger partial charge is 0.381 e. The molecule has 0 saturated carbocycles. The van der Waals surface area contributed by atoms with Crippen molar-refractivity contribution in [3.63, 3.8) is 0 Å². The fourth-order valence-electron chi connectivity index (χ4n) is 3.83. The number of hydrogen-bond acceptors (Lipinski definition) is 2. The molecule has 140 valence electrons. The standard InChI is InChI=1S/C24H33NO/c1-2-3-4-10-19-26-20-21-15-17-25(18-16-21)24-14-9-8-13-23(24)22-11-6-5-7-12-22/h5-9,11-14,21H,2-4,10,15-20H2,1H3. The summed E-state index contributed by atoms with van der Waals surface area (Å²) in [4.78, 5) is 2.56. The SMILES string of the molecule is CCCCCCOCC1CCN(c2ccccc2-c2ccccc2)CC1. The van der Waals surface area contributed by atoms with Crippen molar-refractivity contribution >= 4 is 5.69 Å².